The molecule has 0 bridgehead atoms. The number of aryl methyl sites for hydroxylation is 1. The zero-order valence-corrected chi connectivity index (χ0v) is 14.4. The van der Waals surface area contributed by atoms with Crippen LogP contribution in [-0.2, 0) is 4.74 Å². The van der Waals surface area contributed by atoms with E-state index in [1.54, 1.807) is 12.1 Å². The molecule has 8 nitrogen and oxygen atoms in total. The fraction of sp³-hybridized carbons (Fsp3) is 0.111. The van der Waals surface area contributed by atoms with E-state index in [1.807, 2.05) is 0 Å². The number of ether oxygens (including phenoxy) is 1. The van der Waals surface area contributed by atoms with Crippen molar-refractivity contribution in [2.75, 3.05) is 12.4 Å². The molecule has 1 N–H and O–H groups in total. The lowest BCUT2D eigenvalue weighted by molar-refractivity contribution is 0.0601. The molecule has 0 atom stereocenters. The maximum Gasteiger partial charge on any atom is 0.339 e. The zero-order chi connectivity index (χ0) is 19.4. The zero-order valence-electron chi connectivity index (χ0n) is 14.4. The van der Waals surface area contributed by atoms with Gasteiger partial charge in [-0.15, -0.1) is 10.2 Å². The first-order valence-electron chi connectivity index (χ1n) is 7.80. The molecule has 1 aromatic carbocycles. The Labute approximate surface area is 153 Å². The summed E-state index contributed by atoms with van der Waals surface area (Å²) >= 11 is 0. The standard InChI is InChI=1S/C18H14FN5O3/c1-10-7-12(18(26)27-2)16(8-13(10)19)22-17(25)15-4-3-14(23-24-15)11-5-6-20-21-9-11/h3-9H,1-2H3,(H,22,25). The van der Waals surface area contributed by atoms with Gasteiger partial charge in [0.25, 0.3) is 5.91 Å². The lowest BCUT2D eigenvalue weighted by Crippen LogP contribution is -2.17. The smallest absolute Gasteiger partial charge is 0.339 e. The number of carbonyl (C=O) groups excluding carboxylic acids is 2. The average molecular weight is 367 g/mol. The Balaban J connectivity index is 1.85. The van der Waals surface area contributed by atoms with Gasteiger partial charge in [-0.25, -0.2) is 9.18 Å². The van der Waals surface area contributed by atoms with E-state index in [0.29, 0.717) is 11.3 Å². The Morgan fingerprint density at radius 1 is 1.11 bits per heavy atom. The summed E-state index contributed by atoms with van der Waals surface area (Å²) in [5, 5.41) is 17.7. The van der Waals surface area contributed by atoms with Gasteiger partial charge in [0.2, 0.25) is 0 Å². The molecule has 0 saturated heterocycles. The summed E-state index contributed by atoms with van der Waals surface area (Å²) in [7, 11) is 1.20. The second kappa shape index (κ2) is 7.65. The molecule has 9 heteroatoms. The molecule has 0 spiro atoms. The van der Waals surface area contributed by atoms with Crippen LogP contribution in [0.5, 0.6) is 0 Å². The van der Waals surface area contributed by atoms with E-state index in [1.165, 1.54) is 38.6 Å². The Hall–Kier alpha value is -3.75. The van der Waals surface area contributed by atoms with Crippen LogP contribution in [0.2, 0.25) is 0 Å². The SMILES string of the molecule is COC(=O)c1cc(C)c(F)cc1NC(=O)c1ccc(-c2ccnnc2)nn1. The van der Waals surface area contributed by atoms with Gasteiger partial charge in [-0.05, 0) is 42.8 Å². The second-order valence-electron chi connectivity index (χ2n) is 5.53. The van der Waals surface area contributed by atoms with E-state index >= 15 is 0 Å². The monoisotopic (exact) mass is 367 g/mol. The molecule has 0 unspecified atom stereocenters. The molecule has 0 aliphatic rings. The van der Waals surface area contributed by atoms with Gasteiger partial charge in [0.05, 0.1) is 36.4 Å². The van der Waals surface area contributed by atoms with Crippen LogP contribution in [0.3, 0.4) is 0 Å². The van der Waals surface area contributed by atoms with E-state index in [9.17, 15) is 14.0 Å². The van der Waals surface area contributed by atoms with Gasteiger partial charge in [-0.1, -0.05) is 0 Å². The normalized spacial score (nSPS) is 10.3. The van der Waals surface area contributed by atoms with Crippen LogP contribution < -0.4 is 5.32 Å². The highest BCUT2D eigenvalue weighted by Crippen LogP contribution is 2.22. The van der Waals surface area contributed by atoms with E-state index in [2.05, 4.69) is 30.4 Å². The number of rotatable bonds is 4. The lowest BCUT2D eigenvalue weighted by atomic mass is 10.1. The quantitative estimate of drug-likeness (QED) is 0.706. The summed E-state index contributed by atoms with van der Waals surface area (Å²) in [6, 6.07) is 7.12. The largest absolute Gasteiger partial charge is 0.465 e. The second-order valence-corrected chi connectivity index (χ2v) is 5.53. The first-order chi connectivity index (χ1) is 13.0. The highest BCUT2D eigenvalue weighted by atomic mass is 19.1. The minimum atomic E-state index is -0.694. The summed E-state index contributed by atoms with van der Waals surface area (Å²) in [6.07, 6.45) is 3.03. The van der Waals surface area contributed by atoms with Crippen molar-refractivity contribution < 1.29 is 18.7 Å². The van der Waals surface area contributed by atoms with Crippen molar-refractivity contribution in [1.29, 1.82) is 0 Å². The number of hydrogen-bond donors (Lipinski definition) is 1. The molecular weight excluding hydrogens is 353 g/mol. The minimum Gasteiger partial charge on any atom is -0.465 e. The van der Waals surface area contributed by atoms with Crippen LogP contribution in [0.1, 0.15) is 26.4 Å². The van der Waals surface area contributed by atoms with E-state index in [0.717, 1.165) is 6.07 Å². The number of halogens is 1. The van der Waals surface area contributed by atoms with Crippen molar-refractivity contribution in [1.82, 2.24) is 20.4 Å². The van der Waals surface area contributed by atoms with Crippen LogP contribution in [0, 0.1) is 12.7 Å². The van der Waals surface area contributed by atoms with Crippen LogP contribution in [0.25, 0.3) is 11.3 Å². The number of benzene rings is 1. The molecule has 0 fully saturated rings. The van der Waals surface area contributed by atoms with E-state index in [4.69, 9.17) is 0 Å². The van der Waals surface area contributed by atoms with Gasteiger partial charge in [0, 0.05) is 5.56 Å². The van der Waals surface area contributed by atoms with Crippen molar-refractivity contribution in [3.63, 3.8) is 0 Å². The number of esters is 1. The Bertz CT molecular complexity index is 994. The molecule has 2 aromatic heterocycles. The molecule has 0 aliphatic carbocycles. The molecule has 0 radical (unpaired) electrons. The molecule has 0 aliphatic heterocycles. The number of amides is 1. The molecule has 3 rings (SSSR count). The minimum absolute atomic E-state index is 0.00226. The van der Waals surface area contributed by atoms with Crippen LogP contribution in [0.15, 0.2) is 42.7 Å². The highest BCUT2D eigenvalue weighted by Gasteiger charge is 2.18. The van der Waals surface area contributed by atoms with Crippen molar-refractivity contribution in [2.45, 2.75) is 6.92 Å². The number of hydrogen-bond acceptors (Lipinski definition) is 7. The van der Waals surface area contributed by atoms with Crippen molar-refractivity contribution in [3.05, 3.63) is 65.4 Å². The van der Waals surface area contributed by atoms with Gasteiger partial charge in [-0.3, -0.25) is 4.79 Å². The number of aromatic nitrogens is 4. The predicted molar refractivity (Wildman–Crippen MR) is 93.5 cm³/mol. The third-order valence-electron chi connectivity index (χ3n) is 3.73. The van der Waals surface area contributed by atoms with Crippen LogP contribution in [0.4, 0.5) is 10.1 Å². The van der Waals surface area contributed by atoms with Crippen molar-refractivity contribution in [3.8, 4) is 11.3 Å². The van der Waals surface area contributed by atoms with E-state index < -0.39 is 17.7 Å². The highest BCUT2D eigenvalue weighted by molar-refractivity contribution is 6.07. The third kappa shape index (κ3) is 3.92. The van der Waals surface area contributed by atoms with Gasteiger partial charge < -0.3 is 10.1 Å². The Morgan fingerprint density at radius 3 is 2.56 bits per heavy atom. The molecular formula is C18H14FN5O3. The molecule has 0 saturated carbocycles. The van der Waals surface area contributed by atoms with Crippen molar-refractivity contribution in [2.24, 2.45) is 0 Å². The molecule has 3 aromatic rings. The molecule has 27 heavy (non-hydrogen) atoms. The molecule has 1 amide bonds. The fourth-order valence-electron chi connectivity index (χ4n) is 2.30. The first-order valence-corrected chi connectivity index (χ1v) is 7.80. The fourth-order valence-corrected chi connectivity index (χ4v) is 2.30. The summed E-state index contributed by atoms with van der Waals surface area (Å²) in [6.45, 7) is 1.51. The molecule has 136 valence electrons. The summed E-state index contributed by atoms with van der Waals surface area (Å²) in [4.78, 5) is 24.3. The Kier molecular flexibility index (Phi) is 5.11. The maximum atomic E-state index is 13.9. The number of carbonyl (C=O) groups is 2. The van der Waals surface area contributed by atoms with E-state index in [-0.39, 0.29) is 22.5 Å². The Morgan fingerprint density at radius 2 is 1.93 bits per heavy atom. The van der Waals surface area contributed by atoms with Crippen LogP contribution >= 0.6 is 0 Å². The van der Waals surface area contributed by atoms with Gasteiger partial charge in [-0.2, -0.15) is 10.2 Å². The van der Waals surface area contributed by atoms with Crippen molar-refractivity contribution >= 4 is 17.6 Å². The topological polar surface area (TPSA) is 107 Å². The average Bonchev–Trinajstić information content (AvgIpc) is 2.70. The summed E-state index contributed by atoms with van der Waals surface area (Å²) in [5.41, 5.74) is 1.48. The number of methoxy groups -OCH3 is 1. The maximum absolute atomic E-state index is 13.9. The van der Waals surface area contributed by atoms with Gasteiger partial charge in [0.15, 0.2) is 5.69 Å². The number of anilines is 1. The number of nitrogens with zero attached hydrogens (tertiary/aromatic N) is 4. The summed E-state index contributed by atoms with van der Waals surface area (Å²) in [5.74, 6) is -1.90. The van der Waals surface area contributed by atoms with Gasteiger partial charge in [0.1, 0.15) is 5.82 Å². The summed E-state index contributed by atoms with van der Waals surface area (Å²) < 4.78 is 18.5. The lowest BCUT2D eigenvalue weighted by Gasteiger charge is -2.11. The molecule has 2 heterocycles. The number of nitrogens with one attached hydrogen (secondary N) is 1. The van der Waals surface area contributed by atoms with Gasteiger partial charge >= 0.3 is 5.97 Å². The van der Waals surface area contributed by atoms with Crippen LogP contribution in [-0.4, -0.2) is 39.4 Å². The predicted octanol–water partition coefficient (Wildman–Crippen LogP) is 2.42. The third-order valence-corrected chi connectivity index (χ3v) is 3.73. The first kappa shape index (κ1) is 18.1.